The zero-order valence-corrected chi connectivity index (χ0v) is 10.7. The summed E-state index contributed by atoms with van der Waals surface area (Å²) >= 11 is 0. The van der Waals surface area contributed by atoms with Gasteiger partial charge >= 0.3 is 5.97 Å². The van der Waals surface area contributed by atoms with E-state index in [1.165, 1.54) is 26.4 Å². The lowest BCUT2D eigenvalue weighted by molar-refractivity contribution is 0.0597. The highest BCUT2D eigenvalue weighted by Gasteiger charge is 2.20. The lowest BCUT2D eigenvalue weighted by atomic mass is 10.1. The van der Waals surface area contributed by atoms with Gasteiger partial charge in [-0.3, -0.25) is 4.55 Å². The molecule has 0 unspecified atom stereocenters. The number of carbonyl (C=O) groups excluding carboxylic acids is 1. The summed E-state index contributed by atoms with van der Waals surface area (Å²) in [7, 11) is -1.82. The number of ether oxygens (including phenoxy) is 2. The van der Waals surface area contributed by atoms with Crippen molar-refractivity contribution < 1.29 is 27.2 Å². The van der Waals surface area contributed by atoms with E-state index in [4.69, 9.17) is 15.0 Å². The summed E-state index contributed by atoms with van der Waals surface area (Å²) in [5.41, 5.74) is 5.80. The highest BCUT2D eigenvalue weighted by atomic mass is 32.2. The van der Waals surface area contributed by atoms with Crippen LogP contribution in [0, 0.1) is 0 Å². The number of nitrogen functional groups attached to an aromatic ring is 1. The van der Waals surface area contributed by atoms with Crippen LogP contribution in [0.25, 0.3) is 0 Å². The van der Waals surface area contributed by atoms with Gasteiger partial charge in [0.1, 0.15) is 17.1 Å². The SMILES string of the molecule is COC(=O)c1cc(N)cc(CS(=O)(=O)O)c1OC. The van der Waals surface area contributed by atoms with Gasteiger partial charge in [-0.2, -0.15) is 8.42 Å². The second-order valence-electron chi connectivity index (χ2n) is 3.48. The molecule has 7 nitrogen and oxygen atoms in total. The molecule has 0 amide bonds. The Balaban J connectivity index is 3.42. The third kappa shape index (κ3) is 3.34. The minimum absolute atomic E-state index is 0.00125. The minimum Gasteiger partial charge on any atom is -0.496 e. The second-order valence-corrected chi connectivity index (χ2v) is 4.93. The molecule has 0 fully saturated rings. The van der Waals surface area contributed by atoms with Crippen LogP contribution in [0.15, 0.2) is 12.1 Å². The van der Waals surface area contributed by atoms with Crippen molar-refractivity contribution in [3.05, 3.63) is 23.3 Å². The molecule has 3 N–H and O–H groups in total. The van der Waals surface area contributed by atoms with E-state index in [9.17, 15) is 13.2 Å². The average molecular weight is 275 g/mol. The first kappa shape index (κ1) is 14.3. The second kappa shape index (κ2) is 5.23. The van der Waals surface area contributed by atoms with Gasteiger partial charge in [0, 0.05) is 11.3 Å². The van der Waals surface area contributed by atoms with Gasteiger partial charge in [0.25, 0.3) is 10.1 Å². The van der Waals surface area contributed by atoms with E-state index >= 15 is 0 Å². The molecule has 0 saturated carbocycles. The Bertz CT molecular complexity index is 566. The van der Waals surface area contributed by atoms with Crippen molar-refractivity contribution in [1.82, 2.24) is 0 Å². The van der Waals surface area contributed by atoms with Gasteiger partial charge in [-0.05, 0) is 12.1 Å². The third-order valence-corrected chi connectivity index (χ3v) is 2.81. The van der Waals surface area contributed by atoms with Crippen LogP contribution < -0.4 is 10.5 Å². The maximum absolute atomic E-state index is 11.5. The number of hydrogen-bond donors (Lipinski definition) is 2. The molecule has 0 aliphatic carbocycles. The number of hydrogen-bond acceptors (Lipinski definition) is 6. The molecule has 0 radical (unpaired) electrons. The molecule has 0 bridgehead atoms. The molecule has 8 heteroatoms. The van der Waals surface area contributed by atoms with Crippen LogP contribution in [0.4, 0.5) is 5.69 Å². The minimum atomic E-state index is -4.26. The Morgan fingerprint density at radius 1 is 1.39 bits per heavy atom. The highest BCUT2D eigenvalue weighted by Crippen LogP contribution is 2.29. The fourth-order valence-corrected chi connectivity index (χ4v) is 2.13. The van der Waals surface area contributed by atoms with E-state index in [2.05, 4.69) is 4.74 Å². The fraction of sp³-hybridized carbons (Fsp3) is 0.300. The molecule has 1 aromatic rings. The normalized spacial score (nSPS) is 11.1. The summed E-state index contributed by atoms with van der Waals surface area (Å²) in [6.45, 7) is 0. The summed E-state index contributed by atoms with van der Waals surface area (Å²) in [5, 5.41) is 0. The molecule has 0 saturated heterocycles. The van der Waals surface area contributed by atoms with Crippen molar-refractivity contribution in [2.75, 3.05) is 20.0 Å². The first-order valence-electron chi connectivity index (χ1n) is 4.78. The summed E-state index contributed by atoms with van der Waals surface area (Å²) in [5.74, 6) is -1.41. The molecule has 0 heterocycles. The van der Waals surface area contributed by atoms with E-state index < -0.39 is 21.8 Å². The number of anilines is 1. The number of esters is 1. The van der Waals surface area contributed by atoms with Crippen LogP contribution >= 0.6 is 0 Å². The topological polar surface area (TPSA) is 116 Å². The van der Waals surface area contributed by atoms with E-state index in [-0.39, 0.29) is 22.6 Å². The van der Waals surface area contributed by atoms with Gasteiger partial charge in [0.05, 0.1) is 14.2 Å². The van der Waals surface area contributed by atoms with Gasteiger partial charge in [-0.15, -0.1) is 0 Å². The third-order valence-electron chi connectivity index (χ3n) is 2.14. The highest BCUT2D eigenvalue weighted by molar-refractivity contribution is 7.85. The number of carbonyl (C=O) groups is 1. The molecule has 100 valence electrons. The maximum atomic E-state index is 11.5. The van der Waals surface area contributed by atoms with Crippen LogP contribution in [0.1, 0.15) is 15.9 Å². The van der Waals surface area contributed by atoms with E-state index in [1.54, 1.807) is 0 Å². The molecule has 18 heavy (non-hydrogen) atoms. The number of methoxy groups -OCH3 is 2. The lowest BCUT2D eigenvalue weighted by Gasteiger charge is -2.12. The standard InChI is InChI=1S/C10H13NO6S/c1-16-9-6(5-18(13,14)15)3-7(11)4-8(9)10(12)17-2/h3-4H,5,11H2,1-2H3,(H,13,14,15). The van der Waals surface area contributed by atoms with Gasteiger partial charge in [0.15, 0.2) is 0 Å². The zero-order valence-electron chi connectivity index (χ0n) is 9.84. The first-order chi connectivity index (χ1) is 8.28. The number of benzene rings is 1. The van der Waals surface area contributed by atoms with Crippen LogP contribution in [-0.2, 0) is 20.6 Å². The quantitative estimate of drug-likeness (QED) is 0.465. The van der Waals surface area contributed by atoms with Crippen LogP contribution in [0.3, 0.4) is 0 Å². The summed E-state index contributed by atoms with van der Waals surface area (Å²) in [6.07, 6.45) is 0. The average Bonchev–Trinajstić information content (AvgIpc) is 2.25. The van der Waals surface area contributed by atoms with Crippen LogP contribution in [-0.4, -0.2) is 33.2 Å². The Labute approximate surface area is 104 Å². The van der Waals surface area contributed by atoms with E-state index in [0.29, 0.717) is 0 Å². The Hall–Kier alpha value is -1.80. The van der Waals surface area contributed by atoms with Crippen molar-refractivity contribution in [2.24, 2.45) is 0 Å². The van der Waals surface area contributed by atoms with E-state index in [0.717, 1.165) is 0 Å². The van der Waals surface area contributed by atoms with Gasteiger partial charge in [-0.1, -0.05) is 0 Å². The maximum Gasteiger partial charge on any atom is 0.341 e. The molecular formula is C10H13NO6S. The van der Waals surface area contributed by atoms with Crippen molar-refractivity contribution in [2.45, 2.75) is 5.75 Å². The molecule has 0 spiro atoms. The van der Waals surface area contributed by atoms with E-state index in [1.807, 2.05) is 0 Å². The zero-order chi connectivity index (χ0) is 13.9. The van der Waals surface area contributed by atoms with Crippen LogP contribution in [0.5, 0.6) is 5.75 Å². The molecular weight excluding hydrogens is 262 g/mol. The Morgan fingerprint density at radius 2 is 2.00 bits per heavy atom. The molecule has 0 atom stereocenters. The summed E-state index contributed by atoms with van der Waals surface area (Å²) < 4.78 is 40.1. The fourth-order valence-electron chi connectivity index (χ4n) is 1.52. The van der Waals surface area contributed by atoms with Crippen molar-refractivity contribution in [3.8, 4) is 5.75 Å². The van der Waals surface area contributed by atoms with Crippen molar-refractivity contribution in [1.29, 1.82) is 0 Å². The molecule has 1 rings (SSSR count). The summed E-state index contributed by atoms with van der Waals surface area (Å²) in [4.78, 5) is 11.5. The molecule has 1 aromatic carbocycles. The van der Waals surface area contributed by atoms with Crippen molar-refractivity contribution >= 4 is 21.8 Å². The molecule has 0 aliphatic heterocycles. The van der Waals surface area contributed by atoms with Gasteiger partial charge in [-0.25, -0.2) is 4.79 Å². The predicted octanol–water partition coefficient (Wildman–Crippen LogP) is 0.452. The Kier molecular flexibility index (Phi) is 4.15. The number of nitrogens with two attached hydrogens (primary N) is 1. The number of rotatable bonds is 4. The summed E-state index contributed by atoms with van der Waals surface area (Å²) in [6, 6.07) is 2.61. The van der Waals surface area contributed by atoms with Gasteiger partial charge < -0.3 is 15.2 Å². The monoisotopic (exact) mass is 275 g/mol. The largest absolute Gasteiger partial charge is 0.496 e. The van der Waals surface area contributed by atoms with Gasteiger partial charge in [0.2, 0.25) is 0 Å². The first-order valence-corrected chi connectivity index (χ1v) is 6.39. The smallest absolute Gasteiger partial charge is 0.341 e. The predicted molar refractivity (Wildman–Crippen MR) is 64.0 cm³/mol. The van der Waals surface area contributed by atoms with Crippen LogP contribution in [0.2, 0.25) is 0 Å². The lowest BCUT2D eigenvalue weighted by Crippen LogP contribution is -2.10. The van der Waals surface area contributed by atoms with Crippen molar-refractivity contribution in [3.63, 3.8) is 0 Å². The molecule has 0 aromatic heterocycles. The Morgan fingerprint density at radius 3 is 2.44 bits per heavy atom. The molecule has 0 aliphatic rings.